The van der Waals surface area contributed by atoms with Crippen molar-refractivity contribution in [2.45, 2.75) is 64.8 Å². The average molecular weight is 275 g/mol. The second-order valence-corrected chi connectivity index (χ2v) is 7.37. The lowest BCUT2D eigenvalue weighted by Gasteiger charge is -2.30. The molecule has 1 aromatic carbocycles. The smallest absolute Gasteiger partial charge is 0.122 e. The number of methoxy groups -OCH3 is 1. The number of nitrogens with two attached hydrogens (primary N) is 1. The van der Waals surface area contributed by atoms with Gasteiger partial charge in [0, 0.05) is 5.54 Å². The Morgan fingerprint density at radius 3 is 2.60 bits per heavy atom. The summed E-state index contributed by atoms with van der Waals surface area (Å²) in [5.41, 5.74) is 9.63. The first-order chi connectivity index (χ1) is 9.34. The highest BCUT2D eigenvalue weighted by Crippen LogP contribution is 2.39. The van der Waals surface area contributed by atoms with Crippen LogP contribution in [-0.2, 0) is 6.42 Å². The molecule has 112 valence electrons. The molecule has 2 heteroatoms. The zero-order valence-electron chi connectivity index (χ0n) is 13.5. The Balaban J connectivity index is 2.18. The molecule has 1 aromatic rings. The highest BCUT2D eigenvalue weighted by Gasteiger charge is 2.33. The Morgan fingerprint density at radius 1 is 1.15 bits per heavy atom. The van der Waals surface area contributed by atoms with Gasteiger partial charge in [-0.15, -0.1) is 0 Å². The molecule has 1 aliphatic rings. The van der Waals surface area contributed by atoms with Crippen molar-refractivity contribution in [1.82, 2.24) is 0 Å². The highest BCUT2D eigenvalue weighted by atomic mass is 16.5. The molecule has 0 saturated heterocycles. The van der Waals surface area contributed by atoms with Crippen LogP contribution in [-0.4, -0.2) is 12.6 Å². The molecule has 1 fully saturated rings. The molecule has 2 rings (SSSR count). The van der Waals surface area contributed by atoms with Crippen LogP contribution in [0.25, 0.3) is 0 Å². The van der Waals surface area contributed by atoms with E-state index in [1.165, 1.54) is 30.4 Å². The van der Waals surface area contributed by atoms with E-state index in [-0.39, 0.29) is 5.54 Å². The normalized spacial score (nSPS) is 26.1. The van der Waals surface area contributed by atoms with Gasteiger partial charge in [-0.3, -0.25) is 0 Å². The van der Waals surface area contributed by atoms with Gasteiger partial charge in [0.25, 0.3) is 0 Å². The number of hydrogen-bond donors (Lipinski definition) is 1. The molecule has 0 aliphatic heterocycles. The first-order valence-electron chi connectivity index (χ1n) is 7.76. The van der Waals surface area contributed by atoms with Gasteiger partial charge in [0.05, 0.1) is 7.11 Å². The summed E-state index contributed by atoms with van der Waals surface area (Å²) in [6.45, 7) is 6.86. The van der Waals surface area contributed by atoms with Gasteiger partial charge in [-0.25, -0.2) is 0 Å². The summed E-state index contributed by atoms with van der Waals surface area (Å²) in [6, 6.07) is 6.39. The summed E-state index contributed by atoms with van der Waals surface area (Å²) in [4.78, 5) is 0. The molecule has 20 heavy (non-hydrogen) atoms. The van der Waals surface area contributed by atoms with Gasteiger partial charge in [0.15, 0.2) is 0 Å². The molecule has 1 unspecified atom stereocenters. The van der Waals surface area contributed by atoms with Crippen molar-refractivity contribution in [3.05, 3.63) is 29.3 Å². The van der Waals surface area contributed by atoms with Gasteiger partial charge < -0.3 is 10.5 Å². The van der Waals surface area contributed by atoms with Gasteiger partial charge in [-0.2, -0.15) is 0 Å². The lowest BCUT2D eigenvalue weighted by atomic mass is 9.81. The van der Waals surface area contributed by atoms with Crippen LogP contribution in [0, 0.1) is 12.3 Å². The van der Waals surface area contributed by atoms with Crippen molar-refractivity contribution in [2.24, 2.45) is 11.1 Å². The van der Waals surface area contributed by atoms with Crippen molar-refractivity contribution in [1.29, 1.82) is 0 Å². The monoisotopic (exact) mass is 275 g/mol. The maximum Gasteiger partial charge on any atom is 0.122 e. The van der Waals surface area contributed by atoms with E-state index in [0.29, 0.717) is 5.41 Å². The number of rotatable bonds is 3. The van der Waals surface area contributed by atoms with E-state index in [4.69, 9.17) is 10.5 Å². The van der Waals surface area contributed by atoms with Crippen molar-refractivity contribution < 1.29 is 4.74 Å². The number of aryl methyl sites for hydroxylation is 1. The second kappa shape index (κ2) is 5.77. The molecule has 1 saturated carbocycles. The van der Waals surface area contributed by atoms with Crippen molar-refractivity contribution in [3.8, 4) is 5.75 Å². The van der Waals surface area contributed by atoms with Crippen LogP contribution >= 0.6 is 0 Å². The summed E-state index contributed by atoms with van der Waals surface area (Å²) >= 11 is 0. The fourth-order valence-corrected chi connectivity index (χ4v) is 3.36. The number of ether oxygens (including phenoxy) is 1. The van der Waals surface area contributed by atoms with E-state index in [1.54, 1.807) is 7.11 Å². The molecule has 1 aliphatic carbocycles. The zero-order chi connectivity index (χ0) is 14.8. The lowest BCUT2D eigenvalue weighted by Crippen LogP contribution is -2.41. The third kappa shape index (κ3) is 3.76. The summed E-state index contributed by atoms with van der Waals surface area (Å²) in [5.74, 6) is 0.976. The third-order valence-electron chi connectivity index (χ3n) is 4.81. The predicted octanol–water partition coefficient (Wildman–Crippen LogP) is 4.23. The van der Waals surface area contributed by atoms with Crippen LogP contribution < -0.4 is 10.5 Å². The Hall–Kier alpha value is -1.02. The van der Waals surface area contributed by atoms with E-state index in [1.807, 2.05) is 0 Å². The van der Waals surface area contributed by atoms with E-state index >= 15 is 0 Å². The quantitative estimate of drug-likeness (QED) is 0.838. The van der Waals surface area contributed by atoms with Crippen LogP contribution in [0.1, 0.15) is 57.1 Å². The summed E-state index contributed by atoms with van der Waals surface area (Å²) < 4.78 is 5.50. The van der Waals surface area contributed by atoms with Gasteiger partial charge in [-0.1, -0.05) is 38.0 Å². The van der Waals surface area contributed by atoms with Crippen LogP contribution in [0.2, 0.25) is 0 Å². The Labute approximate surface area is 123 Å². The van der Waals surface area contributed by atoms with E-state index in [2.05, 4.69) is 39.0 Å². The summed E-state index contributed by atoms with van der Waals surface area (Å²) in [7, 11) is 1.74. The molecule has 2 N–H and O–H groups in total. The Bertz CT molecular complexity index is 466. The van der Waals surface area contributed by atoms with Gasteiger partial charge >= 0.3 is 0 Å². The Morgan fingerprint density at radius 2 is 1.90 bits per heavy atom. The SMILES string of the molecule is COc1ccc(C)cc1CC1(N)CCCC(C)(C)CC1. The molecule has 0 heterocycles. The average Bonchev–Trinajstić information content (AvgIpc) is 2.49. The second-order valence-electron chi connectivity index (χ2n) is 7.37. The fraction of sp³-hybridized carbons (Fsp3) is 0.667. The standard InChI is InChI=1S/C18H29NO/c1-14-6-7-16(20-4)15(12-14)13-18(19)9-5-8-17(2,3)10-11-18/h6-7,12H,5,8-11,13,19H2,1-4H3. The third-order valence-corrected chi connectivity index (χ3v) is 4.81. The fourth-order valence-electron chi connectivity index (χ4n) is 3.36. The largest absolute Gasteiger partial charge is 0.496 e. The molecule has 0 radical (unpaired) electrons. The molecule has 0 bridgehead atoms. The molecular weight excluding hydrogens is 246 g/mol. The van der Waals surface area contributed by atoms with Crippen LogP contribution in [0.3, 0.4) is 0 Å². The van der Waals surface area contributed by atoms with Crippen LogP contribution in [0.15, 0.2) is 18.2 Å². The summed E-state index contributed by atoms with van der Waals surface area (Å²) in [5, 5.41) is 0. The molecule has 0 aromatic heterocycles. The van der Waals surface area contributed by atoms with E-state index in [9.17, 15) is 0 Å². The van der Waals surface area contributed by atoms with E-state index < -0.39 is 0 Å². The minimum Gasteiger partial charge on any atom is -0.496 e. The van der Waals surface area contributed by atoms with Crippen molar-refractivity contribution in [2.75, 3.05) is 7.11 Å². The van der Waals surface area contributed by atoms with Crippen LogP contribution in [0.4, 0.5) is 0 Å². The first kappa shape index (κ1) is 15.4. The molecule has 0 spiro atoms. The maximum absolute atomic E-state index is 6.73. The van der Waals surface area contributed by atoms with Crippen molar-refractivity contribution in [3.63, 3.8) is 0 Å². The van der Waals surface area contributed by atoms with E-state index in [0.717, 1.165) is 25.0 Å². The van der Waals surface area contributed by atoms with Gasteiger partial charge in [-0.05, 0) is 56.1 Å². The Kier molecular flexibility index (Phi) is 4.43. The minimum absolute atomic E-state index is 0.0746. The molecular formula is C18H29NO. The number of hydrogen-bond acceptors (Lipinski definition) is 2. The topological polar surface area (TPSA) is 35.2 Å². The van der Waals surface area contributed by atoms with Gasteiger partial charge in [0.2, 0.25) is 0 Å². The summed E-state index contributed by atoms with van der Waals surface area (Å²) in [6.07, 6.45) is 6.89. The minimum atomic E-state index is -0.0746. The first-order valence-corrected chi connectivity index (χ1v) is 7.76. The number of benzene rings is 1. The molecule has 1 atom stereocenters. The molecule has 0 amide bonds. The van der Waals surface area contributed by atoms with Crippen molar-refractivity contribution >= 4 is 0 Å². The zero-order valence-corrected chi connectivity index (χ0v) is 13.5. The van der Waals surface area contributed by atoms with Crippen LogP contribution in [0.5, 0.6) is 5.75 Å². The van der Waals surface area contributed by atoms with Gasteiger partial charge in [0.1, 0.15) is 5.75 Å². The lowest BCUT2D eigenvalue weighted by molar-refractivity contribution is 0.295. The maximum atomic E-state index is 6.73. The molecule has 2 nitrogen and oxygen atoms in total. The highest BCUT2D eigenvalue weighted by molar-refractivity contribution is 5.38. The predicted molar refractivity (Wildman–Crippen MR) is 85.2 cm³/mol.